The number of amides is 1. The highest BCUT2D eigenvalue weighted by Crippen LogP contribution is 2.21. The zero-order chi connectivity index (χ0) is 20.0. The minimum Gasteiger partial charge on any atom is -0.396 e. The zero-order valence-corrected chi connectivity index (χ0v) is 17.0. The van der Waals surface area contributed by atoms with Gasteiger partial charge in [0, 0.05) is 49.6 Å². The second kappa shape index (κ2) is 9.55. The molecule has 0 aliphatic carbocycles. The maximum Gasteiger partial charge on any atom is 0.251 e. The summed E-state index contributed by atoms with van der Waals surface area (Å²) < 4.78 is 1.74. The number of aryl methyl sites for hydroxylation is 1. The molecule has 2 aromatic rings. The number of rotatable bonds is 9. The highest BCUT2D eigenvalue weighted by atomic mass is 16.3. The van der Waals surface area contributed by atoms with Crippen molar-refractivity contribution < 1.29 is 9.90 Å². The summed E-state index contributed by atoms with van der Waals surface area (Å²) in [7, 11) is 1.86. The molecule has 1 aromatic carbocycles. The maximum atomic E-state index is 12.7. The molecule has 0 aliphatic heterocycles. The fourth-order valence-corrected chi connectivity index (χ4v) is 2.89. The summed E-state index contributed by atoms with van der Waals surface area (Å²) in [5.41, 5.74) is 3.64. The number of hydrogen-bond donors (Lipinski definition) is 3. The van der Waals surface area contributed by atoms with E-state index in [4.69, 9.17) is 0 Å². The number of anilines is 1. The molecule has 0 fully saturated rings. The van der Waals surface area contributed by atoms with Crippen LogP contribution in [-0.2, 0) is 13.5 Å². The van der Waals surface area contributed by atoms with Crippen molar-refractivity contribution in [3.63, 3.8) is 0 Å². The Morgan fingerprint density at radius 1 is 1.30 bits per heavy atom. The lowest BCUT2D eigenvalue weighted by Crippen LogP contribution is -2.32. The summed E-state index contributed by atoms with van der Waals surface area (Å²) in [6.45, 7) is 8.87. The highest BCUT2D eigenvalue weighted by molar-refractivity contribution is 5.97. The number of nitrogens with zero attached hydrogens (tertiary/aromatic N) is 2. The summed E-state index contributed by atoms with van der Waals surface area (Å²) in [6.07, 6.45) is 4.40. The van der Waals surface area contributed by atoms with Crippen LogP contribution >= 0.6 is 0 Å². The Labute approximate surface area is 162 Å². The molecule has 0 saturated carbocycles. The van der Waals surface area contributed by atoms with Crippen molar-refractivity contribution in [3.8, 4) is 0 Å². The van der Waals surface area contributed by atoms with Gasteiger partial charge in [-0.05, 0) is 49.4 Å². The van der Waals surface area contributed by atoms with Gasteiger partial charge in [-0.2, -0.15) is 5.10 Å². The van der Waals surface area contributed by atoms with Crippen LogP contribution in [-0.4, -0.2) is 40.0 Å². The minimum absolute atomic E-state index is 0.0155. The van der Waals surface area contributed by atoms with Crippen molar-refractivity contribution in [2.24, 2.45) is 18.9 Å². The van der Waals surface area contributed by atoms with Gasteiger partial charge in [0.2, 0.25) is 0 Å². The van der Waals surface area contributed by atoms with E-state index in [1.807, 2.05) is 38.4 Å². The molecule has 0 bridgehead atoms. The quantitative estimate of drug-likeness (QED) is 0.632. The second-order valence-corrected chi connectivity index (χ2v) is 7.64. The first-order valence-corrected chi connectivity index (χ1v) is 9.54. The van der Waals surface area contributed by atoms with Crippen molar-refractivity contribution in [3.05, 3.63) is 47.3 Å². The monoisotopic (exact) mass is 372 g/mol. The van der Waals surface area contributed by atoms with Gasteiger partial charge in [0.15, 0.2) is 0 Å². The van der Waals surface area contributed by atoms with Crippen LogP contribution < -0.4 is 10.6 Å². The first-order chi connectivity index (χ1) is 12.8. The van der Waals surface area contributed by atoms with E-state index >= 15 is 0 Å². The molecule has 6 nitrogen and oxygen atoms in total. The molecule has 0 spiro atoms. The van der Waals surface area contributed by atoms with Crippen LogP contribution in [0.1, 0.15) is 42.3 Å². The van der Waals surface area contributed by atoms with E-state index < -0.39 is 0 Å². The fourth-order valence-electron chi connectivity index (χ4n) is 2.89. The van der Waals surface area contributed by atoms with Crippen LogP contribution in [0.5, 0.6) is 0 Å². The van der Waals surface area contributed by atoms with Gasteiger partial charge in [-0.25, -0.2) is 0 Å². The third-order valence-electron chi connectivity index (χ3n) is 5.05. The lowest BCUT2D eigenvalue weighted by atomic mass is 10.0. The largest absolute Gasteiger partial charge is 0.396 e. The van der Waals surface area contributed by atoms with Crippen molar-refractivity contribution in [2.75, 3.05) is 18.5 Å². The van der Waals surface area contributed by atoms with Crippen molar-refractivity contribution in [1.29, 1.82) is 0 Å². The second-order valence-electron chi connectivity index (χ2n) is 7.64. The molecule has 27 heavy (non-hydrogen) atoms. The zero-order valence-electron chi connectivity index (χ0n) is 17.0. The normalized spacial score (nSPS) is 13.4. The Bertz CT molecular complexity index is 754. The van der Waals surface area contributed by atoms with E-state index in [-0.39, 0.29) is 18.4 Å². The Hall–Kier alpha value is -2.34. The molecule has 1 heterocycles. The Morgan fingerprint density at radius 3 is 2.63 bits per heavy atom. The van der Waals surface area contributed by atoms with Gasteiger partial charge in [-0.3, -0.25) is 9.48 Å². The lowest BCUT2D eigenvalue weighted by Gasteiger charge is -2.21. The molecular formula is C21H32N4O2. The molecule has 0 unspecified atom stereocenters. The van der Waals surface area contributed by atoms with Gasteiger partial charge < -0.3 is 15.7 Å². The molecule has 2 rings (SSSR count). The van der Waals surface area contributed by atoms with Crippen molar-refractivity contribution >= 4 is 11.6 Å². The molecule has 0 aliphatic rings. The predicted octanol–water partition coefficient (Wildman–Crippen LogP) is 2.77. The maximum absolute atomic E-state index is 12.7. The Balaban J connectivity index is 2.00. The number of carbonyl (C=O) groups is 1. The van der Waals surface area contributed by atoms with E-state index in [1.54, 1.807) is 10.9 Å². The first-order valence-electron chi connectivity index (χ1n) is 9.54. The smallest absolute Gasteiger partial charge is 0.251 e. The lowest BCUT2D eigenvalue weighted by molar-refractivity contribution is 0.0939. The van der Waals surface area contributed by atoms with Crippen LogP contribution in [0.15, 0.2) is 30.6 Å². The number of nitrogens with one attached hydrogen (secondary N) is 2. The van der Waals surface area contributed by atoms with Crippen LogP contribution in [0, 0.1) is 18.8 Å². The van der Waals surface area contributed by atoms with Crippen molar-refractivity contribution in [2.45, 2.75) is 40.2 Å². The molecule has 6 heteroatoms. The van der Waals surface area contributed by atoms with Gasteiger partial charge in [-0.1, -0.05) is 19.9 Å². The average molecular weight is 373 g/mol. The molecule has 1 amide bonds. The summed E-state index contributed by atoms with van der Waals surface area (Å²) in [5.74, 6) is 0.346. The summed E-state index contributed by atoms with van der Waals surface area (Å²) in [5, 5.41) is 20.2. The highest BCUT2D eigenvalue weighted by Gasteiger charge is 2.16. The molecule has 2 atom stereocenters. The number of hydrogen-bond acceptors (Lipinski definition) is 4. The van der Waals surface area contributed by atoms with Crippen LogP contribution in [0.2, 0.25) is 0 Å². The average Bonchev–Trinajstić information content (AvgIpc) is 3.04. The van der Waals surface area contributed by atoms with Gasteiger partial charge in [0.25, 0.3) is 5.91 Å². The standard InChI is InChI=1S/C21H32N4O2/c1-14(2)16(4)24-20-8-6-7-19(15(20)3)21(27)22-10-18(13-26)9-17-11-23-25(5)12-17/h6-8,11-12,14,16,18,24,26H,9-10,13H2,1-5H3,(H,22,27)/t16-,18+/m0/s1. The molecular weight excluding hydrogens is 340 g/mol. The number of benzene rings is 1. The molecule has 148 valence electrons. The number of aromatic nitrogens is 2. The molecule has 0 radical (unpaired) electrons. The van der Waals surface area contributed by atoms with Gasteiger partial charge in [0.05, 0.1) is 6.20 Å². The van der Waals surface area contributed by atoms with Crippen LogP contribution in [0.4, 0.5) is 5.69 Å². The first kappa shape index (κ1) is 21.0. The van der Waals surface area contributed by atoms with E-state index in [2.05, 4.69) is 36.5 Å². The third-order valence-corrected chi connectivity index (χ3v) is 5.05. The summed E-state index contributed by atoms with van der Waals surface area (Å²) in [6, 6.07) is 6.06. The van der Waals surface area contributed by atoms with Crippen LogP contribution in [0.3, 0.4) is 0 Å². The number of aliphatic hydroxyl groups excluding tert-OH is 1. The van der Waals surface area contributed by atoms with Gasteiger partial charge in [-0.15, -0.1) is 0 Å². The van der Waals surface area contributed by atoms with Gasteiger partial charge in [0.1, 0.15) is 0 Å². The Morgan fingerprint density at radius 2 is 2.04 bits per heavy atom. The minimum atomic E-state index is -0.113. The van der Waals surface area contributed by atoms with E-state index in [9.17, 15) is 9.90 Å². The van der Waals surface area contributed by atoms with Crippen LogP contribution in [0.25, 0.3) is 0 Å². The number of aliphatic hydroxyl groups is 1. The fraction of sp³-hybridized carbons (Fsp3) is 0.524. The van der Waals surface area contributed by atoms with Gasteiger partial charge >= 0.3 is 0 Å². The topological polar surface area (TPSA) is 79.2 Å². The van der Waals surface area contributed by atoms with E-state index in [0.717, 1.165) is 16.8 Å². The molecule has 0 saturated heterocycles. The molecule has 3 N–H and O–H groups in total. The molecule has 1 aromatic heterocycles. The summed E-state index contributed by atoms with van der Waals surface area (Å²) in [4.78, 5) is 12.7. The predicted molar refractivity (Wildman–Crippen MR) is 109 cm³/mol. The summed E-state index contributed by atoms with van der Waals surface area (Å²) >= 11 is 0. The third kappa shape index (κ3) is 5.82. The Kier molecular flexibility index (Phi) is 7.42. The SMILES string of the molecule is Cc1c(N[C@@H](C)C(C)C)cccc1C(=O)NC[C@H](CO)Cc1cnn(C)c1. The number of carbonyl (C=O) groups excluding carboxylic acids is 1. The van der Waals surface area contributed by atoms with Crippen molar-refractivity contribution in [1.82, 2.24) is 15.1 Å². The van der Waals surface area contributed by atoms with E-state index in [1.165, 1.54) is 0 Å². The van der Waals surface area contributed by atoms with E-state index in [0.29, 0.717) is 30.5 Å².